The SMILES string of the molecule is CCN(CCNCCNCCN(C(C)C)C(C)(C)C)CCN(C(C)C)C(C)C. The van der Waals surface area contributed by atoms with E-state index in [9.17, 15) is 0 Å². The molecule has 0 aromatic heterocycles. The van der Waals surface area contributed by atoms with Gasteiger partial charge in [0.2, 0.25) is 0 Å². The van der Waals surface area contributed by atoms with Crippen molar-refractivity contribution in [3.63, 3.8) is 0 Å². The third-order valence-electron chi connectivity index (χ3n) is 5.55. The van der Waals surface area contributed by atoms with E-state index < -0.39 is 0 Å². The van der Waals surface area contributed by atoms with E-state index in [0.29, 0.717) is 18.1 Å². The molecule has 5 nitrogen and oxygen atoms in total. The van der Waals surface area contributed by atoms with E-state index in [1.165, 1.54) is 0 Å². The van der Waals surface area contributed by atoms with Gasteiger partial charge in [-0.1, -0.05) is 6.92 Å². The quantitative estimate of drug-likeness (QED) is 0.390. The predicted molar refractivity (Wildman–Crippen MR) is 126 cm³/mol. The average Bonchev–Trinajstić information content (AvgIpc) is 2.56. The molecule has 2 N–H and O–H groups in total. The fraction of sp³-hybridized carbons (Fsp3) is 1.00. The predicted octanol–water partition coefficient (Wildman–Crippen LogP) is 3.12. The highest BCUT2D eigenvalue weighted by Crippen LogP contribution is 2.15. The zero-order chi connectivity index (χ0) is 21.7. The van der Waals surface area contributed by atoms with Crippen molar-refractivity contribution in [3.8, 4) is 0 Å². The minimum atomic E-state index is 0.235. The maximum Gasteiger partial charge on any atom is 0.0128 e. The lowest BCUT2D eigenvalue weighted by atomic mass is 10.0. The van der Waals surface area contributed by atoms with Gasteiger partial charge >= 0.3 is 0 Å². The minimum absolute atomic E-state index is 0.235. The zero-order valence-corrected chi connectivity index (χ0v) is 20.9. The number of likely N-dealkylation sites (N-methyl/N-ethyl adjacent to an activating group) is 1. The molecule has 28 heavy (non-hydrogen) atoms. The first-order chi connectivity index (χ1) is 13.0. The molecule has 0 aliphatic rings. The summed E-state index contributed by atoms with van der Waals surface area (Å²) in [7, 11) is 0. The zero-order valence-electron chi connectivity index (χ0n) is 20.9. The maximum atomic E-state index is 3.59. The summed E-state index contributed by atoms with van der Waals surface area (Å²) in [6.45, 7) is 32.8. The van der Waals surface area contributed by atoms with Crippen molar-refractivity contribution >= 4 is 0 Å². The van der Waals surface area contributed by atoms with Crippen LogP contribution in [0.25, 0.3) is 0 Å². The number of rotatable bonds is 16. The molecule has 0 bridgehead atoms. The lowest BCUT2D eigenvalue weighted by Gasteiger charge is -2.39. The van der Waals surface area contributed by atoms with Crippen LogP contribution in [-0.4, -0.2) is 97.3 Å². The molecule has 0 saturated carbocycles. The van der Waals surface area contributed by atoms with Gasteiger partial charge in [-0.15, -0.1) is 0 Å². The number of nitrogens with zero attached hydrogens (tertiary/aromatic N) is 3. The molecule has 0 spiro atoms. The highest BCUT2D eigenvalue weighted by atomic mass is 15.2. The van der Waals surface area contributed by atoms with Crippen LogP contribution in [0, 0.1) is 0 Å². The van der Waals surface area contributed by atoms with Gasteiger partial charge in [0.05, 0.1) is 0 Å². The van der Waals surface area contributed by atoms with Gasteiger partial charge < -0.3 is 15.5 Å². The normalized spacial score (nSPS) is 13.3. The van der Waals surface area contributed by atoms with Crippen LogP contribution >= 0.6 is 0 Å². The Hall–Kier alpha value is -0.200. The first-order valence-corrected chi connectivity index (χ1v) is 11.7. The van der Waals surface area contributed by atoms with Gasteiger partial charge in [0, 0.05) is 76.0 Å². The molecule has 0 unspecified atom stereocenters. The Morgan fingerprint density at radius 2 is 1.14 bits per heavy atom. The molecule has 0 radical (unpaired) electrons. The first-order valence-electron chi connectivity index (χ1n) is 11.7. The van der Waals surface area contributed by atoms with E-state index in [2.05, 4.69) is 94.6 Å². The van der Waals surface area contributed by atoms with E-state index in [4.69, 9.17) is 0 Å². The highest BCUT2D eigenvalue weighted by Gasteiger charge is 2.22. The molecule has 0 amide bonds. The standard InChI is InChI=1S/C23H53N5/c1-11-26(18-19-27(20(2)3)21(4)5)16-14-24-12-13-25-15-17-28(22(6)7)23(8,9)10/h20-22,24-25H,11-19H2,1-10H3. The summed E-state index contributed by atoms with van der Waals surface area (Å²) in [5.74, 6) is 0. The number of hydrogen-bond acceptors (Lipinski definition) is 5. The van der Waals surface area contributed by atoms with Crippen LogP contribution in [0.5, 0.6) is 0 Å². The number of nitrogens with one attached hydrogen (secondary N) is 2. The lowest BCUT2D eigenvalue weighted by molar-refractivity contribution is 0.100. The molecule has 0 rings (SSSR count). The van der Waals surface area contributed by atoms with E-state index in [-0.39, 0.29) is 5.54 Å². The summed E-state index contributed by atoms with van der Waals surface area (Å²) in [6.07, 6.45) is 0. The van der Waals surface area contributed by atoms with Crippen LogP contribution in [0.15, 0.2) is 0 Å². The van der Waals surface area contributed by atoms with Gasteiger partial charge in [0.15, 0.2) is 0 Å². The Morgan fingerprint density at radius 3 is 1.54 bits per heavy atom. The summed E-state index contributed by atoms with van der Waals surface area (Å²) in [4.78, 5) is 7.70. The summed E-state index contributed by atoms with van der Waals surface area (Å²) >= 11 is 0. The Balaban J connectivity index is 3.88. The second-order valence-corrected chi connectivity index (χ2v) is 9.82. The van der Waals surface area contributed by atoms with Crippen LogP contribution in [0.4, 0.5) is 0 Å². The fourth-order valence-electron chi connectivity index (χ4n) is 4.03. The van der Waals surface area contributed by atoms with Gasteiger partial charge in [-0.25, -0.2) is 0 Å². The molecule has 0 aliphatic carbocycles. The van der Waals surface area contributed by atoms with E-state index in [1.807, 2.05) is 0 Å². The molecule has 0 atom stereocenters. The van der Waals surface area contributed by atoms with Crippen molar-refractivity contribution in [2.24, 2.45) is 0 Å². The van der Waals surface area contributed by atoms with Crippen LogP contribution in [-0.2, 0) is 0 Å². The van der Waals surface area contributed by atoms with Crippen molar-refractivity contribution in [3.05, 3.63) is 0 Å². The van der Waals surface area contributed by atoms with Gasteiger partial charge in [0.1, 0.15) is 0 Å². The average molecular weight is 400 g/mol. The molecule has 0 aromatic rings. The lowest BCUT2D eigenvalue weighted by Crippen LogP contribution is -2.49. The molecular formula is C23H53N5. The second kappa shape index (κ2) is 14.7. The van der Waals surface area contributed by atoms with Gasteiger partial charge in [0.25, 0.3) is 0 Å². The topological polar surface area (TPSA) is 33.8 Å². The van der Waals surface area contributed by atoms with Gasteiger partial charge in [-0.2, -0.15) is 0 Å². The monoisotopic (exact) mass is 399 g/mol. The molecular weight excluding hydrogens is 346 g/mol. The maximum absolute atomic E-state index is 3.59. The minimum Gasteiger partial charge on any atom is -0.314 e. The van der Waals surface area contributed by atoms with E-state index >= 15 is 0 Å². The Morgan fingerprint density at radius 1 is 0.643 bits per heavy atom. The molecule has 0 aliphatic heterocycles. The van der Waals surface area contributed by atoms with Crippen LogP contribution in [0.2, 0.25) is 0 Å². The van der Waals surface area contributed by atoms with Crippen LogP contribution in [0.1, 0.15) is 69.2 Å². The summed E-state index contributed by atoms with van der Waals surface area (Å²) < 4.78 is 0. The Bertz CT molecular complexity index is 354. The third-order valence-corrected chi connectivity index (χ3v) is 5.55. The van der Waals surface area contributed by atoms with Crippen molar-refractivity contribution in [2.75, 3.05) is 58.9 Å². The smallest absolute Gasteiger partial charge is 0.0128 e. The highest BCUT2D eigenvalue weighted by molar-refractivity contribution is 4.79. The second-order valence-electron chi connectivity index (χ2n) is 9.82. The summed E-state index contributed by atoms with van der Waals surface area (Å²) in [5, 5.41) is 7.18. The van der Waals surface area contributed by atoms with E-state index in [0.717, 1.165) is 58.9 Å². The molecule has 0 fully saturated rings. The van der Waals surface area contributed by atoms with Crippen molar-refractivity contribution in [1.82, 2.24) is 25.3 Å². The van der Waals surface area contributed by atoms with Crippen molar-refractivity contribution in [2.45, 2.75) is 92.9 Å². The molecule has 0 aromatic carbocycles. The Kier molecular flexibility index (Phi) is 14.6. The fourth-order valence-corrected chi connectivity index (χ4v) is 4.03. The van der Waals surface area contributed by atoms with Crippen molar-refractivity contribution < 1.29 is 0 Å². The van der Waals surface area contributed by atoms with Gasteiger partial charge in [-0.05, 0) is 68.9 Å². The van der Waals surface area contributed by atoms with E-state index in [1.54, 1.807) is 0 Å². The molecule has 5 heteroatoms. The van der Waals surface area contributed by atoms with Crippen LogP contribution < -0.4 is 10.6 Å². The van der Waals surface area contributed by atoms with Crippen molar-refractivity contribution in [1.29, 1.82) is 0 Å². The molecule has 0 heterocycles. The van der Waals surface area contributed by atoms with Crippen LogP contribution in [0.3, 0.4) is 0 Å². The third kappa shape index (κ3) is 12.4. The Labute approximate surface area is 177 Å². The number of hydrogen-bond donors (Lipinski definition) is 2. The molecule has 0 saturated heterocycles. The largest absolute Gasteiger partial charge is 0.314 e. The summed E-state index contributed by atoms with van der Waals surface area (Å²) in [5.41, 5.74) is 0.235. The van der Waals surface area contributed by atoms with Gasteiger partial charge in [-0.3, -0.25) is 9.80 Å². The molecule has 170 valence electrons. The first kappa shape index (κ1) is 27.8. The summed E-state index contributed by atoms with van der Waals surface area (Å²) in [6, 6.07) is 1.82.